The zero-order valence-corrected chi connectivity index (χ0v) is 10.7. The van der Waals surface area contributed by atoms with Gasteiger partial charge in [-0.1, -0.05) is 67.5 Å². The van der Waals surface area contributed by atoms with Crippen molar-refractivity contribution in [2.24, 2.45) is 5.92 Å². The van der Waals surface area contributed by atoms with E-state index in [0.717, 1.165) is 0 Å². The predicted octanol–water partition coefficient (Wildman–Crippen LogP) is 4.77. The molecular formula is C18H18. The van der Waals surface area contributed by atoms with Gasteiger partial charge in [0, 0.05) is 11.5 Å². The Hall–Kier alpha value is -1.74. The Labute approximate surface area is 109 Å². The molecule has 0 aliphatic heterocycles. The molecule has 0 amide bonds. The van der Waals surface area contributed by atoms with E-state index in [2.05, 4.69) is 54.3 Å². The van der Waals surface area contributed by atoms with Gasteiger partial charge in [-0.25, -0.2) is 0 Å². The molecule has 1 fully saturated rings. The Kier molecular flexibility index (Phi) is 3.33. The van der Waals surface area contributed by atoms with Crippen molar-refractivity contribution in [2.45, 2.75) is 32.1 Å². The van der Waals surface area contributed by atoms with Crippen LogP contribution in [0.1, 0.15) is 37.7 Å². The van der Waals surface area contributed by atoms with Crippen molar-refractivity contribution in [3.8, 4) is 11.8 Å². The lowest BCUT2D eigenvalue weighted by molar-refractivity contribution is 0.430. The van der Waals surface area contributed by atoms with E-state index in [9.17, 15) is 0 Å². The third-order valence-corrected chi connectivity index (χ3v) is 3.81. The van der Waals surface area contributed by atoms with Gasteiger partial charge in [0.25, 0.3) is 0 Å². The Morgan fingerprint density at radius 1 is 0.833 bits per heavy atom. The highest BCUT2D eigenvalue weighted by molar-refractivity contribution is 5.88. The SMILES string of the molecule is C(#CC1CCCCC1)c1cccc2ccccc12. The first-order valence-corrected chi connectivity index (χ1v) is 6.93. The summed E-state index contributed by atoms with van der Waals surface area (Å²) in [5.74, 6) is 7.51. The van der Waals surface area contributed by atoms with Gasteiger partial charge in [-0.3, -0.25) is 0 Å². The van der Waals surface area contributed by atoms with Crippen molar-refractivity contribution in [1.82, 2.24) is 0 Å². The molecule has 3 rings (SSSR count). The van der Waals surface area contributed by atoms with Gasteiger partial charge in [-0.2, -0.15) is 0 Å². The second-order valence-corrected chi connectivity index (χ2v) is 5.13. The molecule has 0 atom stereocenters. The summed E-state index contributed by atoms with van der Waals surface area (Å²) in [6.45, 7) is 0. The van der Waals surface area contributed by atoms with Crippen LogP contribution in [0.15, 0.2) is 42.5 Å². The summed E-state index contributed by atoms with van der Waals surface area (Å²) in [5, 5.41) is 2.57. The van der Waals surface area contributed by atoms with Gasteiger partial charge in [-0.05, 0) is 29.7 Å². The van der Waals surface area contributed by atoms with E-state index in [1.54, 1.807) is 0 Å². The molecule has 0 radical (unpaired) electrons. The molecule has 1 saturated carbocycles. The van der Waals surface area contributed by atoms with Crippen LogP contribution in [-0.4, -0.2) is 0 Å². The molecule has 0 heteroatoms. The first-order valence-electron chi connectivity index (χ1n) is 6.93. The molecule has 0 N–H and O–H groups in total. The average Bonchev–Trinajstić information content (AvgIpc) is 2.46. The zero-order chi connectivity index (χ0) is 12.2. The van der Waals surface area contributed by atoms with Crippen LogP contribution in [0.3, 0.4) is 0 Å². The lowest BCUT2D eigenvalue weighted by Crippen LogP contribution is -2.03. The summed E-state index contributed by atoms with van der Waals surface area (Å²) in [6, 6.07) is 14.9. The predicted molar refractivity (Wildman–Crippen MR) is 77.4 cm³/mol. The van der Waals surface area contributed by atoms with E-state index in [-0.39, 0.29) is 0 Å². The van der Waals surface area contributed by atoms with E-state index in [1.165, 1.54) is 48.4 Å². The Morgan fingerprint density at radius 3 is 2.50 bits per heavy atom. The van der Waals surface area contributed by atoms with Crippen LogP contribution >= 0.6 is 0 Å². The molecular weight excluding hydrogens is 216 g/mol. The van der Waals surface area contributed by atoms with Crippen molar-refractivity contribution in [3.05, 3.63) is 48.0 Å². The molecule has 0 bridgehead atoms. The minimum Gasteiger partial charge on any atom is -0.0945 e. The summed E-state index contributed by atoms with van der Waals surface area (Å²) in [7, 11) is 0. The maximum absolute atomic E-state index is 3.48. The highest BCUT2D eigenvalue weighted by Crippen LogP contribution is 2.23. The normalized spacial score (nSPS) is 16.2. The van der Waals surface area contributed by atoms with E-state index in [4.69, 9.17) is 0 Å². The van der Waals surface area contributed by atoms with E-state index in [0.29, 0.717) is 5.92 Å². The molecule has 0 heterocycles. The molecule has 18 heavy (non-hydrogen) atoms. The van der Waals surface area contributed by atoms with Gasteiger partial charge in [0.05, 0.1) is 0 Å². The lowest BCUT2D eigenvalue weighted by atomic mass is 9.89. The highest BCUT2D eigenvalue weighted by atomic mass is 14.1. The van der Waals surface area contributed by atoms with E-state index in [1.807, 2.05) is 0 Å². The molecule has 0 spiro atoms. The minimum atomic E-state index is 0.623. The fourth-order valence-electron chi connectivity index (χ4n) is 2.76. The second-order valence-electron chi connectivity index (χ2n) is 5.13. The number of rotatable bonds is 0. The second kappa shape index (κ2) is 5.27. The molecule has 0 nitrogen and oxygen atoms in total. The Balaban J connectivity index is 1.92. The van der Waals surface area contributed by atoms with Crippen LogP contribution in [0.25, 0.3) is 10.8 Å². The van der Waals surface area contributed by atoms with Gasteiger partial charge in [-0.15, -0.1) is 0 Å². The van der Waals surface area contributed by atoms with Crippen LogP contribution < -0.4 is 0 Å². The van der Waals surface area contributed by atoms with Gasteiger partial charge in [0.15, 0.2) is 0 Å². The summed E-state index contributed by atoms with van der Waals surface area (Å²) >= 11 is 0. The van der Waals surface area contributed by atoms with Crippen LogP contribution in [0.4, 0.5) is 0 Å². The molecule has 2 aromatic rings. The molecule has 90 valence electrons. The Bertz CT molecular complexity index is 587. The smallest absolute Gasteiger partial charge is 0.0323 e. The molecule has 0 aromatic heterocycles. The van der Waals surface area contributed by atoms with Gasteiger partial charge >= 0.3 is 0 Å². The number of hydrogen-bond donors (Lipinski definition) is 0. The van der Waals surface area contributed by atoms with Crippen LogP contribution in [0, 0.1) is 17.8 Å². The fraction of sp³-hybridized carbons (Fsp3) is 0.333. The standard InChI is InChI=1S/C18H18/c1-2-7-15(8-3-1)13-14-17-11-6-10-16-9-4-5-12-18(16)17/h4-6,9-12,15H,1-3,7-8H2. The minimum absolute atomic E-state index is 0.623. The third kappa shape index (κ3) is 2.41. The van der Waals surface area contributed by atoms with Crippen LogP contribution in [0.5, 0.6) is 0 Å². The van der Waals surface area contributed by atoms with Crippen LogP contribution in [-0.2, 0) is 0 Å². The van der Waals surface area contributed by atoms with Crippen molar-refractivity contribution in [1.29, 1.82) is 0 Å². The fourth-order valence-corrected chi connectivity index (χ4v) is 2.76. The molecule has 0 unspecified atom stereocenters. The zero-order valence-electron chi connectivity index (χ0n) is 10.7. The van der Waals surface area contributed by atoms with Gasteiger partial charge in [0.2, 0.25) is 0 Å². The molecule has 1 aliphatic carbocycles. The number of hydrogen-bond acceptors (Lipinski definition) is 0. The topological polar surface area (TPSA) is 0 Å². The van der Waals surface area contributed by atoms with Gasteiger partial charge < -0.3 is 0 Å². The summed E-state index contributed by atoms with van der Waals surface area (Å²) in [4.78, 5) is 0. The van der Waals surface area contributed by atoms with E-state index >= 15 is 0 Å². The van der Waals surface area contributed by atoms with Crippen molar-refractivity contribution < 1.29 is 0 Å². The summed E-state index contributed by atoms with van der Waals surface area (Å²) in [6.07, 6.45) is 6.69. The third-order valence-electron chi connectivity index (χ3n) is 3.81. The first-order chi connectivity index (χ1) is 8.93. The van der Waals surface area contributed by atoms with Crippen molar-refractivity contribution in [2.75, 3.05) is 0 Å². The first kappa shape index (κ1) is 11.4. The van der Waals surface area contributed by atoms with E-state index < -0.39 is 0 Å². The monoisotopic (exact) mass is 234 g/mol. The van der Waals surface area contributed by atoms with Gasteiger partial charge in [0.1, 0.15) is 0 Å². The molecule has 1 aliphatic rings. The quantitative estimate of drug-likeness (QED) is 0.576. The molecule has 2 aromatic carbocycles. The average molecular weight is 234 g/mol. The van der Waals surface area contributed by atoms with Crippen molar-refractivity contribution in [3.63, 3.8) is 0 Å². The maximum Gasteiger partial charge on any atom is 0.0323 e. The van der Waals surface area contributed by atoms with Crippen LogP contribution in [0.2, 0.25) is 0 Å². The number of benzene rings is 2. The summed E-state index contributed by atoms with van der Waals surface area (Å²) < 4.78 is 0. The largest absolute Gasteiger partial charge is 0.0945 e. The highest BCUT2D eigenvalue weighted by Gasteiger charge is 2.09. The molecule has 0 saturated heterocycles. The number of fused-ring (bicyclic) bond motifs is 1. The maximum atomic E-state index is 3.48. The Morgan fingerprint density at radius 2 is 1.61 bits per heavy atom. The summed E-state index contributed by atoms with van der Waals surface area (Å²) in [5.41, 5.74) is 1.18. The lowest BCUT2D eigenvalue weighted by Gasteiger charge is -2.15. The van der Waals surface area contributed by atoms with Crippen molar-refractivity contribution >= 4 is 10.8 Å².